The maximum absolute atomic E-state index is 13.0. The number of carbonyl (C=O) groups excluding carboxylic acids is 3. The third-order valence-corrected chi connectivity index (χ3v) is 5.54. The number of urea groups is 1. The predicted octanol–water partition coefficient (Wildman–Crippen LogP) is 1.40. The lowest BCUT2D eigenvalue weighted by Crippen LogP contribution is -2.52. The molecule has 1 atom stereocenters. The number of ether oxygens (including phenoxy) is 1. The number of nitriles is 1. The number of nitrogens with zero attached hydrogens (tertiary/aromatic N) is 3. The molecule has 1 fully saturated rings. The smallest absolute Gasteiger partial charge is 0.322 e. The second-order valence-electron chi connectivity index (χ2n) is 7.29. The van der Waals surface area contributed by atoms with Crippen molar-refractivity contribution in [3.63, 3.8) is 0 Å². The van der Waals surface area contributed by atoms with Gasteiger partial charge in [0.05, 0.1) is 19.0 Å². The van der Waals surface area contributed by atoms with Crippen LogP contribution in [0.1, 0.15) is 27.4 Å². The average molecular weight is 417 g/mol. The lowest BCUT2D eigenvalue weighted by molar-refractivity contribution is -0.125. The Morgan fingerprint density at radius 1 is 1.29 bits per heavy atom. The molecule has 0 aliphatic carbocycles. The molecule has 0 unspecified atom stereocenters. The van der Waals surface area contributed by atoms with Gasteiger partial charge in [-0.2, -0.15) is 5.26 Å². The van der Waals surface area contributed by atoms with Crippen molar-refractivity contribution in [3.05, 3.63) is 59.1 Å². The van der Waals surface area contributed by atoms with Crippen LogP contribution in [0.25, 0.3) is 11.0 Å². The molecule has 3 aromatic rings. The molecule has 154 valence electrons. The topological polar surface area (TPSA) is 138 Å². The Morgan fingerprint density at radius 3 is 2.84 bits per heavy atom. The van der Waals surface area contributed by atoms with Crippen molar-refractivity contribution in [1.82, 2.24) is 20.5 Å². The molecule has 0 bridgehead atoms. The zero-order valence-electron chi connectivity index (χ0n) is 16.3. The summed E-state index contributed by atoms with van der Waals surface area (Å²) >= 11 is 0. The zero-order valence-corrected chi connectivity index (χ0v) is 16.3. The van der Waals surface area contributed by atoms with E-state index in [1.54, 1.807) is 24.3 Å². The SMILES string of the molecule is COc1ccc2c(c1)C(=O)N(C[C@@]1(c3cc4c(C#N)nccc4o3)NC(=O)NC1=O)C2. The first-order chi connectivity index (χ1) is 14.9. The van der Waals surface area contributed by atoms with Crippen LogP contribution in [0.15, 0.2) is 40.9 Å². The first kappa shape index (κ1) is 18.6. The normalized spacial score (nSPS) is 19.9. The molecule has 4 amide bonds. The second kappa shape index (κ2) is 6.56. The quantitative estimate of drug-likeness (QED) is 0.612. The van der Waals surface area contributed by atoms with Crippen LogP contribution in [0.5, 0.6) is 5.75 Å². The number of amides is 4. The van der Waals surface area contributed by atoms with Crippen molar-refractivity contribution >= 4 is 28.8 Å². The zero-order chi connectivity index (χ0) is 21.8. The van der Waals surface area contributed by atoms with Crippen LogP contribution in [0, 0.1) is 11.3 Å². The molecule has 2 N–H and O–H groups in total. The van der Waals surface area contributed by atoms with Gasteiger partial charge < -0.3 is 19.4 Å². The molecule has 5 rings (SSSR count). The number of methoxy groups -OCH3 is 1. The number of rotatable bonds is 4. The molecule has 4 heterocycles. The summed E-state index contributed by atoms with van der Waals surface area (Å²) in [5.74, 6) is -0.289. The maximum atomic E-state index is 13.0. The summed E-state index contributed by atoms with van der Waals surface area (Å²) in [4.78, 5) is 43.5. The largest absolute Gasteiger partial charge is 0.497 e. The van der Waals surface area contributed by atoms with Gasteiger partial charge in [-0.1, -0.05) is 6.07 Å². The minimum absolute atomic E-state index is 0.108. The van der Waals surface area contributed by atoms with E-state index in [-0.39, 0.29) is 30.5 Å². The van der Waals surface area contributed by atoms with E-state index in [1.165, 1.54) is 24.3 Å². The third kappa shape index (κ3) is 2.71. The van der Waals surface area contributed by atoms with Gasteiger partial charge in [0.25, 0.3) is 11.8 Å². The molecular formula is C21H15N5O5. The van der Waals surface area contributed by atoms with Crippen LogP contribution in [0.3, 0.4) is 0 Å². The third-order valence-electron chi connectivity index (χ3n) is 5.54. The predicted molar refractivity (Wildman–Crippen MR) is 105 cm³/mol. The van der Waals surface area contributed by atoms with E-state index >= 15 is 0 Å². The van der Waals surface area contributed by atoms with E-state index in [0.717, 1.165) is 5.56 Å². The first-order valence-corrected chi connectivity index (χ1v) is 9.34. The highest BCUT2D eigenvalue weighted by Gasteiger charge is 2.53. The van der Waals surface area contributed by atoms with Crippen molar-refractivity contribution in [1.29, 1.82) is 5.26 Å². The monoisotopic (exact) mass is 417 g/mol. The highest BCUT2D eigenvalue weighted by Crippen LogP contribution is 2.35. The highest BCUT2D eigenvalue weighted by molar-refractivity contribution is 6.08. The van der Waals surface area contributed by atoms with Gasteiger partial charge in [0.2, 0.25) is 0 Å². The van der Waals surface area contributed by atoms with Gasteiger partial charge >= 0.3 is 6.03 Å². The number of furan rings is 1. The van der Waals surface area contributed by atoms with E-state index in [0.29, 0.717) is 22.3 Å². The van der Waals surface area contributed by atoms with Crippen LogP contribution < -0.4 is 15.4 Å². The van der Waals surface area contributed by atoms with E-state index in [9.17, 15) is 19.6 Å². The summed E-state index contributed by atoms with van der Waals surface area (Å²) in [6.45, 7) is 0.101. The number of benzene rings is 1. The van der Waals surface area contributed by atoms with Crippen LogP contribution in [-0.2, 0) is 16.9 Å². The molecule has 0 spiro atoms. The Balaban J connectivity index is 1.57. The summed E-state index contributed by atoms with van der Waals surface area (Å²) < 4.78 is 11.0. The number of aromatic nitrogens is 1. The van der Waals surface area contributed by atoms with Crippen molar-refractivity contribution in [2.24, 2.45) is 0 Å². The number of carbonyl (C=O) groups is 3. The van der Waals surface area contributed by atoms with Gasteiger partial charge in [-0.15, -0.1) is 0 Å². The highest BCUT2D eigenvalue weighted by atomic mass is 16.5. The minimum Gasteiger partial charge on any atom is -0.497 e. The molecule has 1 aromatic carbocycles. The molecule has 1 saturated heterocycles. The summed E-state index contributed by atoms with van der Waals surface area (Å²) in [5.41, 5.74) is 0.0794. The number of imide groups is 1. The Labute approximate surface area is 175 Å². The molecule has 0 saturated carbocycles. The van der Waals surface area contributed by atoms with E-state index in [1.807, 2.05) is 6.07 Å². The summed E-state index contributed by atoms with van der Waals surface area (Å²) in [5, 5.41) is 14.6. The molecule has 31 heavy (non-hydrogen) atoms. The summed E-state index contributed by atoms with van der Waals surface area (Å²) in [7, 11) is 1.51. The molecule has 2 aliphatic heterocycles. The molecule has 0 radical (unpaired) electrons. The van der Waals surface area contributed by atoms with Gasteiger partial charge in [-0.05, 0) is 29.8 Å². The van der Waals surface area contributed by atoms with Gasteiger partial charge in [0, 0.05) is 18.3 Å². The molecular weight excluding hydrogens is 402 g/mol. The van der Waals surface area contributed by atoms with Gasteiger partial charge in [0.1, 0.15) is 23.2 Å². The van der Waals surface area contributed by atoms with Crippen molar-refractivity contribution in [2.45, 2.75) is 12.1 Å². The van der Waals surface area contributed by atoms with Crippen LogP contribution in [-0.4, -0.2) is 41.4 Å². The van der Waals surface area contributed by atoms with E-state index in [2.05, 4.69) is 15.6 Å². The van der Waals surface area contributed by atoms with Crippen molar-refractivity contribution in [2.75, 3.05) is 13.7 Å². The van der Waals surface area contributed by atoms with Crippen LogP contribution in [0.2, 0.25) is 0 Å². The molecule has 10 nitrogen and oxygen atoms in total. The Bertz CT molecular complexity index is 1320. The number of hydrogen-bond donors (Lipinski definition) is 2. The van der Waals surface area contributed by atoms with Crippen molar-refractivity contribution < 1.29 is 23.5 Å². The average Bonchev–Trinajstić information content (AvgIpc) is 3.42. The van der Waals surface area contributed by atoms with E-state index < -0.39 is 17.5 Å². The molecule has 2 aromatic heterocycles. The maximum Gasteiger partial charge on any atom is 0.322 e. The fraction of sp³-hybridized carbons (Fsp3) is 0.190. The van der Waals surface area contributed by atoms with E-state index in [4.69, 9.17) is 9.15 Å². The Kier molecular flexibility index (Phi) is 3.94. The summed E-state index contributed by atoms with van der Waals surface area (Å²) in [6.07, 6.45) is 1.42. The van der Waals surface area contributed by atoms with Gasteiger partial charge in [-0.3, -0.25) is 14.9 Å². The minimum atomic E-state index is -1.65. The molecule has 10 heteroatoms. The Morgan fingerprint density at radius 2 is 2.13 bits per heavy atom. The number of fused-ring (bicyclic) bond motifs is 2. The lowest BCUT2D eigenvalue weighted by Gasteiger charge is -2.29. The summed E-state index contributed by atoms with van der Waals surface area (Å²) in [6, 6.07) is 9.53. The second-order valence-corrected chi connectivity index (χ2v) is 7.29. The van der Waals surface area contributed by atoms with Crippen LogP contribution >= 0.6 is 0 Å². The van der Waals surface area contributed by atoms with Crippen LogP contribution in [0.4, 0.5) is 4.79 Å². The van der Waals surface area contributed by atoms with Gasteiger partial charge in [0.15, 0.2) is 11.2 Å². The molecule has 2 aliphatic rings. The number of pyridine rings is 1. The first-order valence-electron chi connectivity index (χ1n) is 9.34. The van der Waals surface area contributed by atoms with Gasteiger partial charge in [-0.25, -0.2) is 9.78 Å². The lowest BCUT2D eigenvalue weighted by atomic mass is 9.95. The van der Waals surface area contributed by atoms with Crippen molar-refractivity contribution in [3.8, 4) is 11.8 Å². The Hall–Kier alpha value is -4.39. The number of hydrogen-bond acceptors (Lipinski definition) is 7. The fourth-order valence-electron chi connectivity index (χ4n) is 4.00. The number of nitrogens with one attached hydrogen (secondary N) is 2. The fourth-order valence-corrected chi connectivity index (χ4v) is 4.00. The standard InChI is InChI=1S/C21H15N5O5/c1-30-12-3-2-11-9-26(18(27)13(11)6-12)10-21(19(28)24-20(29)25-21)17-7-14-15(8-22)23-5-4-16(14)31-17/h2-7H,9-10H2,1H3,(H2,24,25,28,29)/t21-/m0/s1.